The van der Waals surface area contributed by atoms with Crippen LogP contribution < -0.4 is 0 Å². The fourth-order valence-electron chi connectivity index (χ4n) is 4.49. The van der Waals surface area contributed by atoms with Crippen molar-refractivity contribution in [3.8, 4) is 0 Å². The van der Waals surface area contributed by atoms with Gasteiger partial charge in [-0.05, 0) is 44.7 Å². The van der Waals surface area contributed by atoms with Crippen molar-refractivity contribution in [2.75, 3.05) is 32.9 Å². The number of rotatable bonds is 4. The molecule has 0 amide bonds. The lowest BCUT2D eigenvalue weighted by atomic mass is 9.87. The van der Waals surface area contributed by atoms with Gasteiger partial charge in [-0.1, -0.05) is 6.07 Å². The van der Waals surface area contributed by atoms with E-state index in [-0.39, 0.29) is 11.7 Å². The Balaban J connectivity index is 1.25. The van der Waals surface area contributed by atoms with Crippen molar-refractivity contribution >= 4 is 0 Å². The highest BCUT2D eigenvalue weighted by Crippen LogP contribution is 2.38. The maximum atomic E-state index is 6.25. The van der Waals surface area contributed by atoms with Gasteiger partial charge in [-0.3, -0.25) is 9.88 Å². The fourth-order valence-corrected chi connectivity index (χ4v) is 4.49. The Labute approximate surface area is 150 Å². The van der Waals surface area contributed by atoms with Gasteiger partial charge in [0, 0.05) is 44.5 Å². The number of pyridine rings is 1. The summed E-state index contributed by atoms with van der Waals surface area (Å²) in [6.45, 7) is 7.47. The molecule has 3 aliphatic rings. The lowest BCUT2D eigenvalue weighted by Gasteiger charge is -2.43. The predicted molar refractivity (Wildman–Crippen MR) is 95.5 cm³/mol. The van der Waals surface area contributed by atoms with Crippen molar-refractivity contribution < 1.29 is 14.2 Å². The van der Waals surface area contributed by atoms with Crippen LogP contribution >= 0.6 is 0 Å². The first-order chi connectivity index (χ1) is 12.2. The molecule has 4 heterocycles. The van der Waals surface area contributed by atoms with Gasteiger partial charge in [0.05, 0.1) is 30.6 Å². The topological polar surface area (TPSA) is 43.8 Å². The summed E-state index contributed by atoms with van der Waals surface area (Å²) in [5, 5.41) is 0. The fraction of sp³-hybridized carbons (Fsp3) is 0.750. The lowest BCUT2D eigenvalue weighted by molar-refractivity contribution is -0.0622. The second kappa shape index (κ2) is 7.70. The molecule has 1 aromatic heterocycles. The van der Waals surface area contributed by atoms with E-state index >= 15 is 0 Å². The van der Waals surface area contributed by atoms with E-state index in [9.17, 15) is 0 Å². The number of piperidine rings is 1. The zero-order chi connectivity index (χ0) is 17.1. The average Bonchev–Trinajstić information content (AvgIpc) is 3.04. The van der Waals surface area contributed by atoms with E-state index < -0.39 is 0 Å². The molecular weight excluding hydrogens is 316 g/mol. The van der Waals surface area contributed by atoms with E-state index in [0.29, 0.717) is 12.6 Å². The highest BCUT2D eigenvalue weighted by Gasteiger charge is 2.44. The zero-order valence-electron chi connectivity index (χ0n) is 15.3. The van der Waals surface area contributed by atoms with Gasteiger partial charge in [0.15, 0.2) is 0 Å². The first kappa shape index (κ1) is 17.4. The Hall–Kier alpha value is -1.01. The Morgan fingerprint density at radius 2 is 2.04 bits per heavy atom. The molecule has 0 aromatic carbocycles. The molecule has 138 valence electrons. The van der Waals surface area contributed by atoms with E-state index in [1.54, 1.807) is 0 Å². The lowest BCUT2D eigenvalue weighted by Crippen LogP contribution is -2.49. The van der Waals surface area contributed by atoms with Crippen LogP contribution in [0.25, 0.3) is 0 Å². The molecule has 1 aromatic rings. The van der Waals surface area contributed by atoms with E-state index in [0.717, 1.165) is 63.6 Å². The highest BCUT2D eigenvalue weighted by atomic mass is 16.6. The highest BCUT2D eigenvalue weighted by molar-refractivity contribution is 5.09. The number of ether oxygens (including phenoxy) is 3. The molecule has 25 heavy (non-hydrogen) atoms. The second-order valence-corrected chi connectivity index (χ2v) is 7.78. The molecule has 1 atom stereocenters. The van der Waals surface area contributed by atoms with E-state index in [1.165, 1.54) is 12.8 Å². The minimum atomic E-state index is 0.0480. The molecule has 3 aliphatic heterocycles. The molecule has 0 N–H and O–H groups in total. The summed E-state index contributed by atoms with van der Waals surface area (Å²) in [7, 11) is 0. The largest absolute Gasteiger partial charge is 0.381 e. The quantitative estimate of drug-likeness (QED) is 0.839. The van der Waals surface area contributed by atoms with Gasteiger partial charge in [-0.15, -0.1) is 0 Å². The van der Waals surface area contributed by atoms with Crippen LogP contribution in [-0.4, -0.2) is 60.5 Å². The molecule has 0 bridgehead atoms. The molecule has 0 aliphatic carbocycles. The average molecular weight is 346 g/mol. The molecule has 3 fully saturated rings. The normalized spacial score (nSPS) is 27.8. The van der Waals surface area contributed by atoms with Crippen LogP contribution in [0.5, 0.6) is 0 Å². The van der Waals surface area contributed by atoms with Gasteiger partial charge in [0.2, 0.25) is 0 Å². The standard InChI is InChI=1S/C20H30N2O3/c1-16-3-2-4-17(21-16)14-24-19-13-20(25-15-19)7-9-22(10-8-20)18-5-11-23-12-6-18/h2-4,18-19H,5-15H2,1H3. The number of likely N-dealkylation sites (tertiary alicyclic amines) is 1. The van der Waals surface area contributed by atoms with E-state index in [2.05, 4.69) is 9.88 Å². The van der Waals surface area contributed by atoms with E-state index in [1.807, 2.05) is 25.1 Å². The molecule has 5 nitrogen and oxygen atoms in total. The molecule has 1 spiro atoms. The van der Waals surface area contributed by atoms with Gasteiger partial charge in [-0.25, -0.2) is 0 Å². The first-order valence-electron chi connectivity index (χ1n) is 9.72. The Kier molecular flexibility index (Phi) is 5.36. The van der Waals surface area contributed by atoms with Crippen molar-refractivity contribution in [2.45, 2.75) is 63.4 Å². The van der Waals surface area contributed by atoms with Crippen LogP contribution in [0.1, 0.15) is 43.5 Å². The number of nitrogens with zero attached hydrogens (tertiary/aromatic N) is 2. The maximum Gasteiger partial charge on any atom is 0.0892 e. The van der Waals surface area contributed by atoms with Crippen molar-refractivity contribution in [2.24, 2.45) is 0 Å². The van der Waals surface area contributed by atoms with Gasteiger partial charge < -0.3 is 14.2 Å². The third-order valence-corrected chi connectivity index (χ3v) is 6.00. The summed E-state index contributed by atoms with van der Waals surface area (Å²) >= 11 is 0. The van der Waals surface area contributed by atoms with Crippen LogP contribution in [-0.2, 0) is 20.8 Å². The molecule has 3 saturated heterocycles. The first-order valence-corrected chi connectivity index (χ1v) is 9.72. The number of hydrogen-bond acceptors (Lipinski definition) is 5. The molecular formula is C20H30N2O3. The molecule has 0 radical (unpaired) electrons. The zero-order valence-corrected chi connectivity index (χ0v) is 15.3. The summed E-state index contributed by atoms with van der Waals surface area (Å²) in [6, 6.07) is 6.81. The van der Waals surface area contributed by atoms with Crippen molar-refractivity contribution in [3.63, 3.8) is 0 Å². The van der Waals surface area contributed by atoms with E-state index in [4.69, 9.17) is 14.2 Å². The molecule has 4 rings (SSSR count). The Bertz CT molecular complexity index is 566. The van der Waals surface area contributed by atoms with Gasteiger partial charge >= 0.3 is 0 Å². The number of aryl methyl sites for hydroxylation is 1. The Morgan fingerprint density at radius 3 is 2.80 bits per heavy atom. The Morgan fingerprint density at radius 1 is 1.24 bits per heavy atom. The van der Waals surface area contributed by atoms with Crippen LogP contribution in [0.2, 0.25) is 0 Å². The summed E-state index contributed by atoms with van der Waals surface area (Å²) in [5.74, 6) is 0. The number of hydrogen-bond donors (Lipinski definition) is 0. The van der Waals surface area contributed by atoms with Crippen LogP contribution in [0, 0.1) is 6.92 Å². The second-order valence-electron chi connectivity index (χ2n) is 7.78. The summed E-state index contributed by atoms with van der Waals surface area (Å²) in [4.78, 5) is 7.17. The monoisotopic (exact) mass is 346 g/mol. The van der Waals surface area contributed by atoms with Crippen molar-refractivity contribution in [1.29, 1.82) is 0 Å². The maximum absolute atomic E-state index is 6.25. The summed E-state index contributed by atoms with van der Waals surface area (Å²) < 4.78 is 17.8. The van der Waals surface area contributed by atoms with Crippen LogP contribution in [0.15, 0.2) is 18.2 Å². The van der Waals surface area contributed by atoms with Crippen LogP contribution in [0.4, 0.5) is 0 Å². The summed E-state index contributed by atoms with van der Waals surface area (Å²) in [5.41, 5.74) is 2.10. The van der Waals surface area contributed by atoms with Crippen molar-refractivity contribution in [3.05, 3.63) is 29.6 Å². The smallest absolute Gasteiger partial charge is 0.0892 e. The SMILES string of the molecule is Cc1cccc(COC2COC3(CCN(C4CCOCC4)CC3)C2)n1. The third-order valence-electron chi connectivity index (χ3n) is 6.00. The van der Waals surface area contributed by atoms with Gasteiger partial charge in [0.1, 0.15) is 0 Å². The van der Waals surface area contributed by atoms with Gasteiger partial charge in [0.25, 0.3) is 0 Å². The third kappa shape index (κ3) is 4.22. The minimum Gasteiger partial charge on any atom is -0.381 e. The van der Waals surface area contributed by atoms with Gasteiger partial charge in [-0.2, -0.15) is 0 Å². The summed E-state index contributed by atoms with van der Waals surface area (Å²) in [6.07, 6.45) is 5.86. The predicted octanol–water partition coefficient (Wildman–Crippen LogP) is 2.71. The molecule has 5 heteroatoms. The number of aromatic nitrogens is 1. The molecule has 0 saturated carbocycles. The minimum absolute atomic E-state index is 0.0480. The molecule has 1 unspecified atom stereocenters. The van der Waals surface area contributed by atoms with Crippen molar-refractivity contribution in [1.82, 2.24) is 9.88 Å². The van der Waals surface area contributed by atoms with Crippen LogP contribution in [0.3, 0.4) is 0 Å².